The smallest absolute Gasteiger partial charge is 0.222 e. The van der Waals surface area contributed by atoms with Gasteiger partial charge in [-0.3, -0.25) is 0 Å². The van der Waals surface area contributed by atoms with Gasteiger partial charge >= 0.3 is 6.18 Å². The summed E-state index contributed by atoms with van der Waals surface area (Å²) in [5, 5.41) is 0. The fourth-order valence-electron chi connectivity index (χ4n) is 1.12. The van der Waals surface area contributed by atoms with Crippen LogP contribution in [0.4, 0.5) is 18.9 Å². The van der Waals surface area contributed by atoms with E-state index in [1.807, 2.05) is 4.08 Å². The highest BCUT2D eigenvalue weighted by molar-refractivity contribution is 14.2. The van der Waals surface area contributed by atoms with E-state index in [0.29, 0.717) is 11.3 Å². The minimum atomic E-state index is -4.27. The van der Waals surface area contributed by atoms with Crippen LogP contribution in [0, 0.1) is 0 Å². The van der Waals surface area contributed by atoms with Crippen LogP contribution >= 0.6 is 21.0 Å². The maximum Gasteiger partial charge on any atom is 0.416 e. The van der Waals surface area contributed by atoms with Gasteiger partial charge in [-0.25, -0.2) is 3.15 Å². The average molecular weight is 311 g/mol. The molecule has 0 saturated heterocycles. The molecule has 5 heteroatoms. The highest BCUT2D eigenvalue weighted by atomic mass is 127. The van der Waals surface area contributed by atoms with E-state index in [0.717, 1.165) is 12.1 Å². The van der Waals surface area contributed by atoms with Crippen molar-refractivity contribution in [3.8, 4) is 0 Å². The first-order chi connectivity index (χ1) is 6.57. The monoisotopic (exact) mass is 311 g/mol. The Morgan fingerprint density at radius 2 is 2.00 bits per heavy atom. The second-order valence-corrected chi connectivity index (χ2v) is 4.50. The van der Waals surface area contributed by atoms with Crippen LogP contribution in [0.15, 0.2) is 25.4 Å². The lowest BCUT2D eigenvalue weighted by Crippen LogP contribution is -2.04. The first-order valence-corrected chi connectivity index (χ1v) is 6.00. The van der Waals surface area contributed by atoms with Crippen molar-refractivity contribution in [3.63, 3.8) is 0 Å². The number of halogens is 4. The number of benzene rings is 1. The van der Waals surface area contributed by atoms with Crippen LogP contribution < -0.4 is 0 Å². The van der Waals surface area contributed by atoms with Crippen molar-refractivity contribution in [1.82, 2.24) is 0 Å². The first-order valence-electron chi connectivity index (χ1n) is 3.79. The Labute approximate surface area is 88.8 Å². The molecule has 1 aromatic rings. The number of hydrogen-bond acceptors (Lipinski definition) is 1. The fraction of sp³-hybridized carbons (Fsp3) is 0.111. The van der Waals surface area contributed by atoms with Crippen molar-refractivity contribution >= 4 is 32.8 Å². The van der Waals surface area contributed by atoms with E-state index < -0.39 is 11.7 Å². The summed E-state index contributed by atoms with van der Waals surface area (Å²) in [6, 6.07) is 3.64. The maximum absolute atomic E-state index is 12.3. The maximum atomic E-state index is 12.3. The largest absolute Gasteiger partial charge is 0.416 e. The summed E-state index contributed by atoms with van der Waals surface area (Å²) >= 11 is -0.350. The Bertz CT molecular complexity index is 421. The van der Waals surface area contributed by atoms with Crippen molar-refractivity contribution in [3.05, 3.63) is 33.4 Å². The number of alkyl halides is 3. The van der Waals surface area contributed by atoms with Gasteiger partial charge in [0, 0.05) is 26.6 Å². The Kier molecular flexibility index (Phi) is 2.42. The first kappa shape index (κ1) is 9.82. The fourth-order valence-corrected chi connectivity index (χ4v) is 2.57. The molecule has 0 fully saturated rings. The molecule has 1 aromatic carbocycles. The van der Waals surface area contributed by atoms with Gasteiger partial charge in [0.1, 0.15) is 0 Å². The van der Waals surface area contributed by atoms with Crippen LogP contribution in [-0.2, 0) is 6.18 Å². The Morgan fingerprint density at radius 3 is 2.71 bits per heavy atom. The van der Waals surface area contributed by atoms with Gasteiger partial charge in [-0.05, 0) is 28.4 Å². The van der Waals surface area contributed by atoms with E-state index in [2.05, 4.69) is 3.15 Å². The van der Waals surface area contributed by atoms with Gasteiger partial charge in [-0.15, -0.1) is 0 Å². The number of nitrogens with zero attached hydrogens (tertiary/aromatic N) is 1. The summed E-state index contributed by atoms with van der Waals surface area (Å²) in [6.07, 6.45) is -2.56. The molecule has 0 radical (unpaired) electrons. The average Bonchev–Trinajstić information content (AvgIpc) is 2.16. The van der Waals surface area contributed by atoms with Crippen LogP contribution in [0.3, 0.4) is 0 Å². The van der Waals surface area contributed by atoms with Crippen molar-refractivity contribution in [2.45, 2.75) is 6.18 Å². The van der Waals surface area contributed by atoms with Gasteiger partial charge in [0.25, 0.3) is 0 Å². The van der Waals surface area contributed by atoms with Crippen LogP contribution in [0.5, 0.6) is 0 Å². The topological polar surface area (TPSA) is 12.4 Å². The molecule has 74 valence electrons. The van der Waals surface area contributed by atoms with Crippen LogP contribution in [-0.4, -0.2) is 0 Å². The molecule has 0 bridgehead atoms. The lowest BCUT2D eigenvalue weighted by Gasteiger charge is -2.09. The van der Waals surface area contributed by atoms with E-state index >= 15 is 0 Å². The Morgan fingerprint density at radius 1 is 1.21 bits per heavy atom. The second-order valence-electron chi connectivity index (χ2n) is 2.75. The number of hydrogen-bond donors (Lipinski definition) is 0. The standard InChI is InChI=1S/C9H5F3IN/c10-9(11,12)7-1-2-8-6(5-7)3-4-13-14-8/h1-5H. The molecule has 0 saturated carbocycles. The second kappa shape index (κ2) is 3.45. The number of rotatable bonds is 0. The molecule has 0 aliphatic carbocycles. The molecule has 1 aliphatic rings. The van der Waals surface area contributed by atoms with Crippen LogP contribution in [0.25, 0.3) is 6.08 Å². The van der Waals surface area contributed by atoms with Crippen molar-refractivity contribution in [1.29, 1.82) is 0 Å². The summed E-state index contributed by atoms with van der Waals surface area (Å²) in [5.74, 6) is 0. The zero-order chi connectivity index (χ0) is 10.2. The zero-order valence-electron chi connectivity index (χ0n) is 6.85. The molecule has 0 unspecified atom stereocenters. The summed E-state index contributed by atoms with van der Waals surface area (Å²) in [6.45, 7) is 0. The van der Waals surface area contributed by atoms with Gasteiger partial charge in [-0.2, -0.15) is 13.2 Å². The lowest BCUT2D eigenvalue weighted by atomic mass is 10.1. The minimum Gasteiger partial charge on any atom is -0.222 e. The zero-order valence-corrected chi connectivity index (χ0v) is 9.00. The third kappa shape index (κ3) is 1.87. The third-order valence-electron chi connectivity index (χ3n) is 1.79. The molecule has 2 rings (SSSR count). The molecule has 0 spiro atoms. The molecule has 0 N–H and O–H groups in total. The van der Waals surface area contributed by atoms with Crippen molar-refractivity contribution in [2.24, 2.45) is 3.15 Å². The third-order valence-corrected chi connectivity index (χ3v) is 3.27. The van der Waals surface area contributed by atoms with Gasteiger partial charge in [0.05, 0.1) is 11.3 Å². The normalized spacial score (nSPS) is 14.8. The Balaban J connectivity index is 2.51. The molecule has 0 aromatic heterocycles. The summed E-state index contributed by atoms with van der Waals surface area (Å²) in [5.41, 5.74) is 0.621. The SMILES string of the molecule is FC(F)(F)c1ccc2c(c1)C=CI=N2. The van der Waals surface area contributed by atoms with Gasteiger partial charge in [-0.1, -0.05) is 0 Å². The predicted octanol–water partition coefficient (Wildman–Crippen LogP) is 4.48. The summed E-state index contributed by atoms with van der Waals surface area (Å²) < 4.78 is 43.0. The van der Waals surface area contributed by atoms with Crippen molar-refractivity contribution < 1.29 is 13.2 Å². The van der Waals surface area contributed by atoms with E-state index in [9.17, 15) is 13.2 Å². The molecule has 1 heterocycles. The molecule has 1 aliphatic heterocycles. The van der Waals surface area contributed by atoms with Gasteiger partial charge < -0.3 is 0 Å². The van der Waals surface area contributed by atoms with E-state index in [4.69, 9.17) is 0 Å². The molecular formula is C9H5F3IN. The number of fused-ring (bicyclic) bond motifs is 1. The highest BCUT2D eigenvalue weighted by Gasteiger charge is 2.30. The summed E-state index contributed by atoms with van der Waals surface area (Å²) in [7, 11) is 0. The highest BCUT2D eigenvalue weighted by Crippen LogP contribution is 2.36. The summed E-state index contributed by atoms with van der Waals surface area (Å²) in [4.78, 5) is 0. The van der Waals surface area contributed by atoms with Crippen LogP contribution in [0.2, 0.25) is 0 Å². The van der Waals surface area contributed by atoms with Gasteiger partial charge in [0.2, 0.25) is 0 Å². The van der Waals surface area contributed by atoms with E-state index in [-0.39, 0.29) is 21.0 Å². The Hall–Kier alpha value is -0.720. The molecule has 0 atom stereocenters. The predicted molar refractivity (Wildman–Crippen MR) is 56.6 cm³/mol. The van der Waals surface area contributed by atoms with E-state index in [1.165, 1.54) is 6.07 Å². The van der Waals surface area contributed by atoms with E-state index in [1.54, 1.807) is 6.08 Å². The lowest BCUT2D eigenvalue weighted by molar-refractivity contribution is -0.137. The van der Waals surface area contributed by atoms with Crippen molar-refractivity contribution in [2.75, 3.05) is 0 Å². The molecule has 1 nitrogen and oxygen atoms in total. The molecule has 0 amide bonds. The molecular weight excluding hydrogens is 306 g/mol. The molecule has 14 heavy (non-hydrogen) atoms. The minimum absolute atomic E-state index is 0.350. The van der Waals surface area contributed by atoms with Gasteiger partial charge in [0.15, 0.2) is 0 Å². The quantitative estimate of drug-likeness (QED) is 0.627. The van der Waals surface area contributed by atoms with Crippen LogP contribution in [0.1, 0.15) is 11.1 Å².